The monoisotopic (exact) mass is 547 g/mol. The average molecular weight is 548 g/mol. The molecule has 10 heteroatoms. The number of ether oxygens (including phenoxy) is 1. The molecule has 9 nitrogen and oxygen atoms in total. The quantitative estimate of drug-likeness (QED) is 0.419. The first-order valence-corrected chi connectivity index (χ1v) is 13.5. The maximum Gasteiger partial charge on any atom is 0.336 e. The number of anilines is 2. The van der Waals surface area contributed by atoms with Crippen LogP contribution in [0.2, 0.25) is 0 Å². The summed E-state index contributed by atoms with van der Waals surface area (Å²) in [5, 5.41) is 11.0. The minimum atomic E-state index is -0.188. The topological polar surface area (TPSA) is 61.5 Å². The summed E-state index contributed by atoms with van der Waals surface area (Å²) in [6, 6.07) is 9.75. The Labute approximate surface area is 234 Å². The molecule has 212 valence electrons. The highest BCUT2D eigenvalue weighted by atomic mass is 19.1. The number of hydrogen-bond acceptors (Lipinski definition) is 7. The van der Waals surface area contributed by atoms with Gasteiger partial charge in [0.2, 0.25) is 0 Å². The number of aromatic nitrogens is 2. The first kappa shape index (κ1) is 27.8. The molecule has 0 aliphatic carbocycles. The summed E-state index contributed by atoms with van der Waals surface area (Å²) in [5.74, 6) is -0.188. The molecule has 0 radical (unpaired) electrons. The maximum absolute atomic E-state index is 14.2. The van der Waals surface area contributed by atoms with Crippen LogP contribution in [0.15, 0.2) is 58.2 Å². The van der Waals surface area contributed by atoms with E-state index < -0.39 is 0 Å². The minimum absolute atomic E-state index is 0.138. The fraction of sp³-hybridized carbons (Fsp3) is 0.400. The number of methoxy groups -OCH3 is 1. The van der Waals surface area contributed by atoms with Gasteiger partial charge in [-0.15, -0.1) is 0 Å². The van der Waals surface area contributed by atoms with Crippen LogP contribution in [-0.4, -0.2) is 79.2 Å². The lowest BCUT2D eigenvalue weighted by molar-refractivity contribution is 0.187. The number of hydrogen-bond donors (Lipinski definition) is 0. The largest absolute Gasteiger partial charge is 0.383 e. The fourth-order valence-electron chi connectivity index (χ4n) is 5.43. The Bertz CT molecular complexity index is 1500. The second-order valence-electron chi connectivity index (χ2n) is 10.7. The van der Waals surface area contributed by atoms with Crippen molar-refractivity contribution in [1.29, 1.82) is 0 Å². The number of piperidine rings is 1. The second kappa shape index (κ2) is 11.4. The van der Waals surface area contributed by atoms with Gasteiger partial charge in [-0.25, -0.2) is 14.2 Å². The second-order valence-corrected chi connectivity index (χ2v) is 10.7. The smallest absolute Gasteiger partial charge is 0.336 e. The van der Waals surface area contributed by atoms with Gasteiger partial charge >= 0.3 is 5.69 Å². The molecule has 1 aromatic heterocycles. The van der Waals surface area contributed by atoms with Crippen LogP contribution in [0.4, 0.5) is 15.8 Å². The maximum atomic E-state index is 14.2. The zero-order valence-electron chi connectivity index (χ0n) is 24.2. The van der Waals surface area contributed by atoms with Gasteiger partial charge in [0.15, 0.2) is 0 Å². The summed E-state index contributed by atoms with van der Waals surface area (Å²) in [6.07, 6.45) is 6.24. The van der Waals surface area contributed by atoms with Crippen molar-refractivity contribution in [3.05, 3.63) is 81.3 Å². The molecule has 3 heterocycles. The van der Waals surface area contributed by atoms with Crippen molar-refractivity contribution in [3.63, 3.8) is 0 Å². The van der Waals surface area contributed by atoms with Gasteiger partial charge in [0.05, 0.1) is 35.9 Å². The third kappa shape index (κ3) is 5.47. The van der Waals surface area contributed by atoms with Crippen LogP contribution in [0.5, 0.6) is 0 Å². The summed E-state index contributed by atoms with van der Waals surface area (Å²) in [4.78, 5) is 15.7. The van der Waals surface area contributed by atoms with Crippen molar-refractivity contribution in [2.75, 3.05) is 64.5 Å². The van der Waals surface area contributed by atoms with Crippen molar-refractivity contribution in [3.8, 4) is 5.69 Å². The van der Waals surface area contributed by atoms with Gasteiger partial charge in [-0.05, 0) is 67.9 Å². The molecule has 1 saturated heterocycles. The number of fused-ring (bicyclic) bond motifs is 1. The molecule has 0 saturated carbocycles. The molecule has 40 heavy (non-hydrogen) atoms. The summed E-state index contributed by atoms with van der Waals surface area (Å²) in [5.41, 5.74) is 6.90. The number of likely N-dealkylation sites (N-methyl/N-ethyl adjacent to an activating group) is 1. The Balaban J connectivity index is 1.43. The third-order valence-electron chi connectivity index (χ3n) is 7.64. The number of hydrazone groups is 1. The fourth-order valence-corrected chi connectivity index (χ4v) is 5.43. The zero-order valence-corrected chi connectivity index (χ0v) is 24.2. The molecule has 1 fully saturated rings. The van der Waals surface area contributed by atoms with E-state index in [2.05, 4.69) is 41.1 Å². The first-order chi connectivity index (χ1) is 19.2. The number of aryl methyl sites for hydroxylation is 2. The Hall–Kier alpha value is -3.73. The number of hydrazine groups is 1. The molecule has 0 bridgehead atoms. The Morgan fingerprint density at radius 1 is 1.10 bits per heavy atom. The highest BCUT2D eigenvalue weighted by molar-refractivity contribution is 6.04. The predicted molar refractivity (Wildman–Crippen MR) is 159 cm³/mol. The highest BCUT2D eigenvalue weighted by Gasteiger charge is 2.25. The van der Waals surface area contributed by atoms with Crippen LogP contribution in [-0.2, 0) is 11.3 Å². The SMILES string of the molecule is COCCN1c2ccc(-n3ccn(/C=C4\CN(C)CC\C4=N\N(C)c4cc(C)c(F)c(C)c4)c3=O)cc2CN1C. The van der Waals surface area contributed by atoms with E-state index in [1.54, 1.807) is 53.4 Å². The van der Waals surface area contributed by atoms with E-state index in [1.807, 2.05) is 25.5 Å². The summed E-state index contributed by atoms with van der Waals surface area (Å²) >= 11 is 0. The molecule has 2 aliphatic heterocycles. The lowest BCUT2D eigenvalue weighted by Gasteiger charge is -2.27. The lowest BCUT2D eigenvalue weighted by Crippen LogP contribution is -2.36. The van der Waals surface area contributed by atoms with E-state index in [9.17, 15) is 9.18 Å². The minimum Gasteiger partial charge on any atom is -0.383 e. The molecular formula is C30H38FN7O2. The van der Waals surface area contributed by atoms with Gasteiger partial charge in [-0.1, -0.05) is 0 Å². The van der Waals surface area contributed by atoms with Crippen LogP contribution in [0.3, 0.4) is 0 Å². The number of nitrogens with zero attached hydrogens (tertiary/aromatic N) is 7. The van der Waals surface area contributed by atoms with E-state index in [0.29, 0.717) is 24.3 Å². The summed E-state index contributed by atoms with van der Waals surface area (Å²) in [6.45, 7) is 7.27. The molecule has 0 unspecified atom stereocenters. The molecule has 0 amide bonds. The van der Waals surface area contributed by atoms with Crippen LogP contribution >= 0.6 is 0 Å². The van der Waals surface area contributed by atoms with Crippen molar-refractivity contribution < 1.29 is 9.13 Å². The summed E-state index contributed by atoms with van der Waals surface area (Å²) in [7, 11) is 7.70. The zero-order chi connectivity index (χ0) is 28.6. The van der Waals surface area contributed by atoms with Gasteiger partial charge in [0.25, 0.3) is 0 Å². The molecule has 2 aliphatic rings. The van der Waals surface area contributed by atoms with Gasteiger partial charge in [0.1, 0.15) is 5.82 Å². The van der Waals surface area contributed by atoms with E-state index in [-0.39, 0.29) is 11.5 Å². The number of imidazole rings is 1. The predicted octanol–water partition coefficient (Wildman–Crippen LogP) is 3.88. The summed E-state index contributed by atoms with van der Waals surface area (Å²) < 4.78 is 22.7. The molecule has 3 aromatic rings. The van der Waals surface area contributed by atoms with Crippen molar-refractivity contribution in [1.82, 2.24) is 19.0 Å². The van der Waals surface area contributed by atoms with Crippen LogP contribution in [0.25, 0.3) is 11.9 Å². The number of benzene rings is 2. The molecule has 0 atom stereocenters. The first-order valence-electron chi connectivity index (χ1n) is 13.5. The standard InChI is InChI=1S/C30H38FN7O2/c1-21-15-26(16-22(2)29(21)31)35(5)32-27-9-10-33(3)18-24(27)20-36-11-12-37(30(36)39)25-7-8-28-23(17-25)19-34(4)38(28)13-14-40-6/h7-8,11-12,15-17,20H,9-10,13-14,18-19H2,1-6H3/b24-20+,32-27-. The van der Waals surface area contributed by atoms with Crippen molar-refractivity contribution >= 4 is 23.3 Å². The lowest BCUT2D eigenvalue weighted by atomic mass is 10.0. The van der Waals surface area contributed by atoms with Gasteiger partial charge in [-0.3, -0.25) is 14.1 Å². The normalized spacial score (nSPS) is 18.2. The van der Waals surface area contributed by atoms with E-state index in [0.717, 1.165) is 54.4 Å². The van der Waals surface area contributed by atoms with Gasteiger partial charge < -0.3 is 14.6 Å². The van der Waals surface area contributed by atoms with Crippen LogP contribution < -0.4 is 15.7 Å². The molecule has 0 spiro atoms. The third-order valence-corrected chi connectivity index (χ3v) is 7.64. The van der Waals surface area contributed by atoms with Gasteiger partial charge in [-0.2, -0.15) is 5.10 Å². The van der Waals surface area contributed by atoms with Crippen LogP contribution in [0, 0.1) is 19.7 Å². The van der Waals surface area contributed by atoms with E-state index >= 15 is 0 Å². The highest BCUT2D eigenvalue weighted by Crippen LogP contribution is 2.31. The molecular weight excluding hydrogens is 509 g/mol. The number of likely N-dealkylation sites (tertiary alicyclic amines) is 1. The van der Waals surface area contributed by atoms with Gasteiger partial charge in [0, 0.05) is 71.4 Å². The Morgan fingerprint density at radius 3 is 2.58 bits per heavy atom. The Morgan fingerprint density at radius 2 is 1.85 bits per heavy atom. The molecule has 2 aromatic carbocycles. The van der Waals surface area contributed by atoms with Crippen molar-refractivity contribution in [2.45, 2.75) is 26.8 Å². The van der Waals surface area contributed by atoms with E-state index in [4.69, 9.17) is 9.84 Å². The van der Waals surface area contributed by atoms with Crippen molar-refractivity contribution in [2.24, 2.45) is 5.10 Å². The Kier molecular flexibility index (Phi) is 7.93. The van der Waals surface area contributed by atoms with Crippen LogP contribution in [0.1, 0.15) is 23.1 Å². The molecule has 5 rings (SSSR count). The number of rotatable bonds is 7. The molecule has 0 N–H and O–H groups in total. The van der Waals surface area contributed by atoms with E-state index in [1.165, 1.54) is 5.56 Å². The average Bonchev–Trinajstić information content (AvgIpc) is 3.44. The number of halogens is 1.